The monoisotopic (exact) mass is 342 g/mol. The Labute approximate surface area is 152 Å². The lowest BCUT2D eigenvalue weighted by atomic mass is 9.88. The first-order valence-corrected chi connectivity index (χ1v) is 8.45. The van der Waals surface area contributed by atoms with Gasteiger partial charge in [-0.2, -0.15) is 0 Å². The zero-order chi connectivity index (χ0) is 18.3. The minimum atomic E-state index is -0.549. The van der Waals surface area contributed by atoms with Crippen LogP contribution in [-0.4, -0.2) is 11.1 Å². The van der Waals surface area contributed by atoms with Crippen molar-refractivity contribution in [1.29, 1.82) is 0 Å². The Morgan fingerprint density at radius 2 is 1.42 bits per heavy atom. The normalized spacial score (nSPS) is 12.3. The number of phenols is 1. The van der Waals surface area contributed by atoms with Gasteiger partial charge in [0.1, 0.15) is 0 Å². The van der Waals surface area contributed by atoms with Gasteiger partial charge in [0.15, 0.2) is 11.5 Å². The van der Waals surface area contributed by atoms with Crippen LogP contribution in [0.1, 0.15) is 29.5 Å². The lowest BCUT2D eigenvalue weighted by Crippen LogP contribution is -2.11. The highest BCUT2D eigenvalue weighted by Crippen LogP contribution is 2.51. The summed E-state index contributed by atoms with van der Waals surface area (Å²) in [7, 11) is 0. The molecule has 0 saturated heterocycles. The van der Waals surface area contributed by atoms with Crippen molar-refractivity contribution in [3.8, 4) is 22.6 Å². The standard InChI is InChI=1S/C23H18O3/c1-14(2)23(25)26-22-19(12-7-13-20(22)24)21-17-10-5-3-8-15(17)16-9-4-6-11-18(16)21/h3-13,21,24H,1H2,2H3. The summed E-state index contributed by atoms with van der Waals surface area (Å²) in [5.41, 5.74) is 5.63. The fraction of sp³-hybridized carbons (Fsp3) is 0.0870. The number of rotatable bonds is 3. The van der Waals surface area contributed by atoms with Gasteiger partial charge in [0.05, 0.1) is 0 Å². The smallest absolute Gasteiger partial charge is 0.338 e. The number of para-hydroxylation sites is 1. The summed E-state index contributed by atoms with van der Waals surface area (Å²) in [6, 6.07) is 21.6. The highest BCUT2D eigenvalue weighted by Gasteiger charge is 2.32. The highest BCUT2D eigenvalue weighted by atomic mass is 16.5. The van der Waals surface area contributed by atoms with E-state index in [-0.39, 0.29) is 23.0 Å². The fourth-order valence-electron chi connectivity index (χ4n) is 3.55. The van der Waals surface area contributed by atoms with Gasteiger partial charge in [0.2, 0.25) is 0 Å². The second-order valence-electron chi connectivity index (χ2n) is 6.47. The number of aromatic hydroxyl groups is 1. The van der Waals surface area contributed by atoms with Crippen LogP contribution in [0.4, 0.5) is 0 Å². The number of ether oxygens (including phenoxy) is 1. The van der Waals surface area contributed by atoms with Crippen LogP contribution in [0.25, 0.3) is 11.1 Å². The molecule has 0 saturated carbocycles. The van der Waals surface area contributed by atoms with E-state index in [2.05, 4.69) is 30.8 Å². The van der Waals surface area contributed by atoms with Crippen molar-refractivity contribution >= 4 is 5.97 Å². The lowest BCUT2D eigenvalue weighted by Gasteiger charge is -2.19. The van der Waals surface area contributed by atoms with Crippen molar-refractivity contribution < 1.29 is 14.6 Å². The third-order valence-electron chi connectivity index (χ3n) is 4.71. The summed E-state index contributed by atoms with van der Waals surface area (Å²) < 4.78 is 5.49. The summed E-state index contributed by atoms with van der Waals surface area (Å²) in [5.74, 6) is -0.522. The molecule has 0 atom stereocenters. The molecule has 1 aliphatic carbocycles. The number of carbonyl (C=O) groups is 1. The number of esters is 1. The molecule has 1 N–H and O–H groups in total. The van der Waals surface area contributed by atoms with Gasteiger partial charge in [-0.1, -0.05) is 67.2 Å². The van der Waals surface area contributed by atoms with Crippen molar-refractivity contribution in [3.63, 3.8) is 0 Å². The number of phenolic OH excluding ortho intramolecular Hbond substituents is 1. The van der Waals surface area contributed by atoms with Gasteiger partial charge < -0.3 is 9.84 Å². The van der Waals surface area contributed by atoms with Crippen LogP contribution in [0.5, 0.6) is 11.5 Å². The van der Waals surface area contributed by atoms with Crippen LogP contribution in [0, 0.1) is 0 Å². The molecule has 0 spiro atoms. The predicted molar refractivity (Wildman–Crippen MR) is 101 cm³/mol. The molecule has 1 aliphatic rings. The molecule has 3 heteroatoms. The van der Waals surface area contributed by atoms with E-state index in [0.29, 0.717) is 0 Å². The van der Waals surface area contributed by atoms with E-state index in [4.69, 9.17) is 4.74 Å². The first-order valence-electron chi connectivity index (χ1n) is 8.45. The third-order valence-corrected chi connectivity index (χ3v) is 4.71. The van der Waals surface area contributed by atoms with Gasteiger partial charge in [-0.25, -0.2) is 4.79 Å². The van der Waals surface area contributed by atoms with E-state index < -0.39 is 5.97 Å². The summed E-state index contributed by atoms with van der Waals surface area (Å²) in [5, 5.41) is 10.4. The maximum Gasteiger partial charge on any atom is 0.338 e. The molecule has 4 rings (SSSR count). The number of benzene rings is 3. The first kappa shape index (κ1) is 16.2. The number of hydrogen-bond donors (Lipinski definition) is 1. The molecular weight excluding hydrogens is 324 g/mol. The van der Waals surface area contributed by atoms with E-state index in [1.54, 1.807) is 13.0 Å². The van der Waals surface area contributed by atoms with Crippen molar-refractivity contribution in [2.75, 3.05) is 0 Å². The number of carbonyl (C=O) groups excluding carboxylic acids is 1. The maximum atomic E-state index is 12.1. The summed E-state index contributed by atoms with van der Waals surface area (Å²) >= 11 is 0. The average molecular weight is 342 g/mol. The number of hydrogen-bond acceptors (Lipinski definition) is 3. The van der Waals surface area contributed by atoms with Crippen LogP contribution in [0.3, 0.4) is 0 Å². The predicted octanol–water partition coefficient (Wildman–Crippen LogP) is 5.03. The van der Waals surface area contributed by atoms with E-state index in [9.17, 15) is 9.90 Å². The Kier molecular flexibility index (Phi) is 3.85. The molecule has 0 fully saturated rings. The minimum absolute atomic E-state index is 0.0565. The van der Waals surface area contributed by atoms with Crippen molar-refractivity contribution in [2.45, 2.75) is 12.8 Å². The molecule has 3 aromatic rings. The molecule has 0 aromatic heterocycles. The molecule has 0 radical (unpaired) electrons. The Balaban J connectivity index is 1.93. The molecule has 26 heavy (non-hydrogen) atoms. The second kappa shape index (κ2) is 6.19. The minimum Gasteiger partial charge on any atom is -0.504 e. The molecule has 128 valence electrons. The van der Waals surface area contributed by atoms with Crippen LogP contribution in [-0.2, 0) is 4.79 Å². The van der Waals surface area contributed by atoms with Crippen LogP contribution >= 0.6 is 0 Å². The molecular formula is C23H18O3. The van der Waals surface area contributed by atoms with Gasteiger partial charge in [0, 0.05) is 17.1 Å². The van der Waals surface area contributed by atoms with E-state index >= 15 is 0 Å². The third kappa shape index (κ3) is 2.49. The lowest BCUT2D eigenvalue weighted by molar-refractivity contribution is -0.130. The van der Waals surface area contributed by atoms with Crippen LogP contribution in [0.15, 0.2) is 78.9 Å². The van der Waals surface area contributed by atoms with Gasteiger partial charge in [0.25, 0.3) is 0 Å². The quantitative estimate of drug-likeness (QED) is 0.322. The Bertz CT molecular complexity index is 988. The molecule has 3 aromatic carbocycles. The second-order valence-corrected chi connectivity index (χ2v) is 6.47. The first-order chi connectivity index (χ1) is 12.6. The molecule has 0 aliphatic heterocycles. The largest absolute Gasteiger partial charge is 0.504 e. The van der Waals surface area contributed by atoms with E-state index in [1.807, 2.05) is 30.3 Å². The van der Waals surface area contributed by atoms with Gasteiger partial charge in [-0.15, -0.1) is 0 Å². The van der Waals surface area contributed by atoms with Crippen molar-refractivity contribution in [3.05, 3.63) is 95.6 Å². The highest BCUT2D eigenvalue weighted by molar-refractivity contribution is 5.90. The Hall–Kier alpha value is -3.33. The zero-order valence-electron chi connectivity index (χ0n) is 14.4. The Morgan fingerprint density at radius 3 is 2.00 bits per heavy atom. The maximum absolute atomic E-state index is 12.1. The molecule has 0 heterocycles. The fourth-order valence-corrected chi connectivity index (χ4v) is 3.55. The summed E-state index contributed by atoms with van der Waals surface area (Å²) in [6.07, 6.45) is 0. The van der Waals surface area contributed by atoms with Gasteiger partial charge >= 0.3 is 5.97 Å². The van der Waals surface area contributed by atoms with Crippen LogP contribution < -0.4 is 4.74 Å². The van der Waals surface area contributed by atoms with Crippen LogP contribution in [0.2, 0.25) is 0 Å². The van der Waals surface area contributed by atoms with Crippen molar-refractivity contribution in [2.24, 2.45) is 0 Å². The summed E-state index contributed by atoms with van der Waals surface area (Å²) in [6.45, 7) is 5.21. The van der Waals surface area contributed by atoms with E-state index in [1.165, 1.54) is 6.07 Å². The van der Waals surface area contributed by atoms with Gasteiger partial charge in [-0.3, -0.25) is 0 Å². The average Bonchev–Trinajstić information content (AvgIpc) is 2.98. The Morgan fingerprint density at radius 1 is 0.885 bits per heavy atom. The van der Waals surface area contributed by atoms with E-state index in [0.717, 1.165) is 27.8 Å². The molecule has 0 amide bonds. The summed E-state index contributed by atoms with van der Waals surface area (Å²) in [4.78, 5) is 12.1. The zero-order valence-corrected chi connectivity index (χ0v) is 14.4. The molecule has 0 bridgehead atoms. The molecule has 0 unspecified atom stereocenters. The van der Waals surface area contributed by atoms with Gasteiger partial charge in [-0.05, 0) is 35.2 Å². The topological polar surface area (TPSA) is 46.5 Å². The SMILES string of the molecule is C=C(C)C(=O)Oc1c(O)cccc1C1c2ccccc2-c2ccccc21. The molecule has 3 nitrogen and oxygen atoms in total. The number of fused-ring (bicyclic) bond motifs is 3. The van der Waals surface area contributed by atoms with Crippen molar-refractivity contribution in [1.82, 2.24) is 0 Å².